The molecule has 0 spiro atoms. The van der Waals surface area contributed by atoms with Crippen molar-refractivity contribution < 1.29 is 19.1 Å². The van der Waals surface area contributed by atoms with E-state index in [0.717, 1.165) is 32.1 Å². The Labute approximate surface area is 178 Å². The molecule has 0 aromatic heterocycles. The predicted molar refractivity (Wildman–Crippen MR) is 112 cm³/mol. The molecule has 0 aliphatic heterocycles. The molecule has 0 saturated heterocycles. The number of rotatable bonds is 7. The summed E-state index contributed by atoms with van der Waals surface area (Å²) in [6, 6.07) is 10.6. The number of amides is 2. The maximum Gasteiger partial charge on any atom is 0.312 e. The van der Waals surface area contributed by atoms with Crippen LogP contribution in [0.4, 0.5) is 0 Å². The Morgan fingerprint density at radius 3 is 2.33 bits per heavy atom. The van der Waals surface area contributed by atoms with Crippen LogP contribution in [0.2, 0.25) is 0 Å². The fourth-order valence-corrected chi connectivity index (χ4v) is 6.52. The van der Waals surface area contributed by atoms with Gasteiger partial charge in [0.1, 0.15) is 0 Å². The molecule has 6 nitrogen and oxygen atoms in total. The zero-order valence-corrected chi connectivity index (χ0v) is 17.9. The first-order valence-corrected chi connectivity index (χ1v) is 11.1. The number of ether oxygens (including phenoxy) is 1. The minimum Gasteiger partial charge on any atom is -0.455 e. The quantitative estimate of drug-likeness (QED) is 0.675. The first-order chi connectivity index (χ1) is 14.3. The van der Waals surface area contributed by atoms with Gasteiger partial charge in [-0.2, -0.15) is 0 Å². The van der Waals surface area contributed by atoms with E-state index in [1.807, 2.05) is 19.9 Å². The highest BCUT2D eigenvalue weighted by Crippen LogP contribution is 2.66. The van der Waals surface area contributed by atoms with Crippen LogP contribution in [0.3, 0.4) is 0 Å². The van der Waals surface area contributed by atoms with Crippen LogP contribution in [0.5, 0.6) is 0 Å². The lowest BCUT2D eigenvalue weighted by atomic mass is 9.43. The molecule has 4 saturated carbocycles. The van der Waals surface area contributed by atoms with E-state index in [1.54, 1.807) is 0 Å². The number of hydrogen-bond donors (Lipinski definition) is 2. The molecule has 0 heterocycles. The summed E-state index contributed by atoms with van der Waals surface area (Å²) in [6.45, 7) is 3.27. The molecule has 2 N–H and O–H groups in total. The standard InChI is InChI=1S/C24H32N2O4/c1-16(2)26-20(27)13-25-21(28)14-30-22(29)24-11-17-8-18(12-24)10-23(9-17,15-24)19-6-4-3-5-7-19/h3-7,16-18H,8-15H2,1-2H3,(H,25,28)(H,26,27)/t17-,18+,23?,24?. The Hall–Kier alpha value is -2.37. The Bertz CT molecular complexity index is 806. The summed E-state index contributed by atoms with van der Waals surface area (Å²) in [5.41, 5.74) is 0.918. The van der Waals surface area contributed by atoms with Crippen molar-refractivity contribution in [2.75, 3.05) is 13.2 Å². The minimum absolute atomic E-state index is 0.0141. The Morgan fingerprint density at radius 2 is 1.70 bits per heavy atom. The summed E-state index contributed by atoms with van der Waals surface area (Å²) in [6.07, 6.45) is 6.05. The van der Waals surface area contributed by atoms with Crippen molar-refractivity contribution >= 4 is 17.8 Å². The minimum atomic E-state index is -0.477. The van der Waals surface area contributed by atoms with Gasteiger partial charge in [0.25, 0.3) is 5.91 Å². The van der Waals surface area contributed by atoms with Gasteiger partial charge in [-0.15, -0.1) is 0 Å². The molecular formula is C24H32N2O4. The molecule has 162 valence electrons. The average molecular weight is 413 g/mol. The molecule has 1 aromatic rings. The van der Waals surface area contributed by atoms with Gasteiger partial charge in [-0.1, -0.05) is 30.3 Å². The molecule has 4 fully saturated rings. The van der Waals surface area contributed by atoms with Crippen LogP contribution in [0.25, 0.3) is 0 Å². The van der Waals surface area contributed by atoms with E-state index in [-0.39, 0.29) is 36.5 Å². The molecule has 6 heteroatoms. The van der Waals surface area contributed by atoms with Crippen molar-refractivity contribution in [3.05, 3.63) is 35.9 Å². The number of carbonyl (C=O) groups excluding carboxylic acids is 3. The molecule has 4 atom stereocenters. The second kappa shape index (κ2) is 8.05. The maximum atomic E-state index is 13.2. The van der Waals surface area contributed by atoms with Crippen molar-refractivity contribution in [3.63, 3.8) is 0 Å². The van der Waals surface area contributed by atoms with Gasteiger partial charge >= 0.3 is 5.97 Å². The van der Waals surface area contributed by atoms with Crippen molar-refractivity contribution in [1.29, 1.82) is 0 Å². The van der Waals surface area contributed by atoms with Gasteiger partial charge in [-0.05, 0) is 75.2 Å². The van der Waals surface area contributed by atoms with Gasteiger partial charge in [0, 0.05) is 6.04 Å². The van der Waals surface area contributed by atoms with Gasteiger partial charge in [-0.3, -0.25) is 14.4 Å². The summed E-state index contributed by atoms with van der Waals surface area (Å²) in [5, 5.41) is 5.23. The van der Waals surface area contributed by atoms with Crippen molar-refractivity contribution in [1.82, 2.24) is 10.6 Å². The molecule has 4 bridgehead atoms. The Morgan fingerprint density at radius 1 is 1.03 bits per heavy atom. The van der Waals surface area contributed by atoms with Crippen LogP contribution in [0, 0.1) is 17.3 Å². The lowest BCUT2D eigenvalue weighted by Gasteiger charge is -2.61. The van der Waals surface area contributed by atoms with Crippen LogP contribution in [-0.2, 0) is 24.5 Å². The van der Waals surface area contributed by atoms with Gasteiger partial charge < -0.3 is 15.4 Å². The van der Waals surface area contributed by atoms with E-state index in [0.29, 0.717) is 11.8 Å². The van der Waals surface area contributed by atoms with E-state index in [9.17, 15) is 14.4 Å². The van der Waals surface area contributed by atoms with Crippen LogP contribution < -0.4 is 10.6 Å². The second-order valence-corrected chi connectivity index (χ2v) is 9.96. The van der Waals surface area contributed by atoms with E-state index >= 15 is 0 Å². The fourth-order valence-electron chi connectivity index (χ4n) is 6.52. The van der Waals surface area contributed by atoms with Gasteiger partial charge in [0.15, 0.2) is 6.61 Å². The molecule has 5 rings (SSSR count). The first kappa shape index (κ1) is 20.9. The van der Waals surface area contributed by atoms with Crippen LogP contribution in [0.15, 0.2) is 30.3 Å². The Balaban J connectivity index is 1.38. The molecular weight excluding hydrogens is 380 g/mol. The van der Waals surface area contributed by atoms with E-state index < -0.39 is 11.3 Å². The SMILES string of the molecule is CC(C)NC(=O)CNC(=O)COC(=O)C12C[C@H]3C[C@@H](C1)CC(c1ccccc1)(C3)C2. The highest BCUT2D eigenvalue weighted by molar-refractivity contribution is 5.87. The number of nitrogens with one attached hydrogen (secondary N) is 2. The zero-order chi connectivity index (χ0) is 21.4. The third-order valence-electron chi connectivity index (χ3n) is 7.11. The van der Waals surface area contributed by atoms with Gasteiger partial charge in [-0.25, -0.2) is 0 Å². The van der Waals surface area contributed by atoms with E-state index in [2.05, 4.69) is 34.9 Å². The molecule has 2 amide bonds. The van der Waals surface area contributed by atoms with E-state index in [4.69, 9.17) is 4.74 Å². The number of carbonyl (C=O) groups is 3. The summed E-state index contributed by atoms with van der Waals surface area (Å²) in [7, 11) is 0. The zero-order valence-electron chi connectivity index (χ0n) is 17.9. The highest BCUT2D eigenvalue weighted by Gasteiger charge is 2.61. The molecule has 4 aliphatic rings. The molecule has 2 unspecified atom stereocenters. The lowest BCUT2D eigenvalue weighted by Crippen LogP contribution is -2.57. The van der Waals surface area contributed by atoms with Crippen molar-refractivity contribution in [2.45, 2.75) is 63.8 Å². The topological polar surface area (TPSA) is 84.5 Å². The highest BCUT2D eigenvalue weighted by atomic mass is 16.5. The molecule has 30 heavy (non-hydrogen) atoms. The van der Waals surface area contributed by atoms with Crippen LogP contribution >= 0.6 is 0 Å². The van der Waals surface area contributed by atoms with Crippen LogP contribution in [0.1, 0.15) is 57.9 Å². The van der Waals surface area contributed by atoms with Gasteiger partial charge in [0.05, 0.1) is 12.0 Å². The molecule has 4 aliphatic carbocycles. The smallest absolute Gasteiger partial charge is 0.312 e. The largest absolute Gasteiger partial charge is 0.455 e. The van der Waals surface area contributed by atoms with Gasteiger partial charge in [0.2, 0.25) is 5.91 Å². The first-order valence-electron chi connectivity index (χ1n) is 11.1. The fraction of sp³-hybridized carbons (Fsp3) is 0.625. The summed E-state index contributed by atoms with van der Waals surface area (Å²) < 4.78 is 5.50. The monoisotopic (exact) mass is 412 g/mol. The normalized spacial score (nSPS) is 31.4. The van der Waals surface area contributed by atoms with Crippen LogP contribution in [-0.4, -0.2) is 37.0 Å². The number of benzene rings is 1. The number of hydrogen-bond acceptors (Lipinski definition) is 4. The molecule has 1 aromatic carbocycles. The Kier molecular flexibility index (Phi) is 5.60. The summed E-state index contributed by atoms with van der Waals surface area (Å²) >= 11 is 0. The third-order valence-corrected chi connectivity index (χ3v) is 7.11. The maximum absolute atomic E-state index is 13.2. The summed E-state index contributed by atoms with van der Waals surface area (Å²) in [5.74, 6) is 0.166. The second-order valence-electron chi connectivity index (χ2n) is 9.96. The lowest BCUT2D eigenvalue weighted by molar-refractivity contribution is -0.175. The van der Waals surface area contributed by atoms with Crippen molar-refractivity contribution in [3.8, 4) is 0 Å². The third kappa shape index (κ3) is 4.09. The van der Waals surface area contributed by atoms with E-state index in [1.165, 1.54) is 12.0 Å². The van der Waals surface area contributed by atoms with Crippen molar-refractivity contribution in [2.24, 2.45) is 17.3 Å². The average Bonchev–Trinajstić information content (AvgIpc) is 2.69. The predicted octanol–water partition coefficient (Wildman–Crippen LogP) is 2.71. The number of esters is 1. The molecule has 0 radical (unpaired) electrons. The summed E-state index contributed by atoms with van der Waals surface area (Å²) in [4.78, 5) is 36.9.